The molecule has 1 aromatic carbocycles. The standard InChI is InChI=1S/C13H12BrNO2S/c1-8(10-4-5-18-7-10)15-12-3-2-9(13(16)17)6-11(12)14/h2-8,15H,1H3,(H,16,17). The van der Waals surface area contributed by atoms with Crippen molar-refractivity contribution in [2.75, 3.05) is 5.32 Å². The maximum atomic E-state index is 10.8. The largest absolute Gasteiger partial charge is 0.478 e. The van der Waals surface area contributed by atoms with Gasteiger partial charge in [0, 0.05) is 16.2 Å². The number of benzene rings is 1. The molecule has 94 valence electrons. The van der Waals surface area contributed by atoms with Crippen LogP contribution in [0.5, 0.6) is 0 Å². The van der Waals surface area contributed by atoms with Gasteiger partial charge in [0.05, 0.1) is 5.56 Å². The summed E-state index contributed by atoms with van der Waals surface area (Å²) in [5.74, 6) is -0.923. The minimum absolute atomic E-state index is 0.184. The summed E-state index contributed by atoms with van der Waals surface area (Å²) in [6.07, 6.45) is 0. The zero-order valence-corrected chi connectivity index (χ0v) is 12.1. The van der Waals surface area contributed by atoms with Gasteiger partial charge in [-0.2, -0.15) is 11.3 Å². The first-order valence-corrected chi connectivity index (χ1v) is 7.13. The molecule has 0 aliphatic rings. The van der Waals surface area contributed by atoms with E-state index in [9.17, 15) is 4.79 Å². The van der Waals surface area contributed by atoms with E-state index in [1.807, 2.05) is 5.38 Å². The molecule has 1 aromatic heterocycles. The van der Waals surface area contributed by atoms with Gasteiger partial charge >= 0.3 is 5.97 Å². The molecular weight excluding hydrogens is 314 g/mol. The van der Waals surface area contributed by atoms with Gasteiger partial charge in [-0.05, 0) is 63.4 Å². The molecule has 2 aromatic rings. The van der Waals surface area contributed by atoms with Crippen LogP contribution in [-0.4, -0.2) is 11.1 Å². The SMILES string of the molecule is CC(Nc1ccc(C(=O)O)cc1Br)c1ccsc1. The van der Waals surface area contributed by atoms with E-state index >= 15 is 0 Å². The van der Waals surface area contributed by atoms with Crippen LogP contribution >= 0.6 is 27.3 Å². The Kier molecular flexibility index (Phi) is 4.04. The van der Waals surface area contributed by atoms with Gasteiger partial charge < -0.3 is 10.4 Å². The van der Waals surface area contributed by atoms with Crippen molar-refractivity contribution in [2.45, 2.75) is 13.0 Å². The number of carboxylic acids is 1. The highest BCUT2D eigenvalue weighted by Gasteiger charge is 2.10. The van der Waals surface area contributed by atoms with Crippen LogP contribution in [0.3, 0.4) is 0 Å². The molecule has 0 saturated carbocycles. The minimum atomic E-state index is -0.923. The third-order valence-corrected chi connectivity index (χ3v) is 3.99. The predicted molar refractivity (Wildman–Crippen MR) is 77.5 cm³/mol. The Hall–Kier alpha value is -1.33. The summed E-state index contributed by atoms with van der Waals surface area (Å²) in [5.41, 5.74) is 2.38. The van der Waals surface area contributed by atoms with Crippen LogP contribution in [0.4, 0.5) is 5.69 Å². The lowest BCUT2D eigenvalue weighted by Crippen LogP contribution is -2.06. The highest BCUT2D eigenvalue weighted by atomic mass is 79.9. The summed E-state index contributed by atoms with van der Waals surface area (Å²) in [7, 11) is 0. The normalized spacial score (nSPS) is 12.1. The van der Waals surface area contributed by atoms with Crippen LogP contribution in [0.1, 0.15) is 28.9 Å². The van der Waals surface area contributed by atoms with Crippen LogP contribution in [-0.2, 0) is 0 Å². The van der Waals surface area contributed by atoms with Crippen LogP contribution in [0, 0.1) is 0 Å². The van der Waals surface area contributed by atoms with Crippen molar-refractivity contribution in [2.24, 2.45) is 0 Å². The second-order valence-corrected chi connectivity index (χ2v) is 5.56. The van der Waals surface area contributed by atoms with E-state index in [0.717, 1.165) is 10.2 Å². The summed E-state index contributed by atoms with van der Waals surface area (Å²) >= 11 is 5.04. The summed E-state index contributed by atoms with van der Waals surface area (Å²) in [4.78, 5) is 10.8. The quantitative estimate of drug-likeness (QED) is 0.876. The molecule has 0 fully saturated rings. The molecule has 1 heterocycles. The Morgan fingerprint density at radius 3 is 2.78 bits per heavy atom. The van der Waals surface area contributed by atoms with Gasteiger partial charge in [-0.3, -0.25) is 0 Å². The molecule has 0 aliphatic carbocycles. The van der Waals surface area contributed by atoms with Crippen molar-refractivity contribution >= 4 is 38.9 Å². The lowest BCUT2D eigenvalue weighted by atomic mass is 10.1. The Balaban J connectivity index is 2.17. The molecule has 1 unspecified atom stereocenters. The van der Waals surface area contributed by atoms with Gasteiger partial charge in [0.25, 0.3) is 0 Å². The van der Waals surface area contributed by atoms with Crippen molar-refractivity contribution < 1.29 is 9.90 Å². The first-order chi connectivity index (χ1) is 8.58. The van der Waals surface area contributed by atoms with E-state index in [1.165, 1.54) is 5.56 Å². The number of nitrogens with one attached hydrogen (secondary N) is 1. The monoisotopic (exact) mass is 325 g/mol. The van der Waals surface area contributed by atoms with Crippen molar-refractivity contribution in [3.63, 3.8) is 0 Å². The van der Waals surface area contributed by atoms with E-state index in [-0.39, 0.29) is 11.6 Å². The Labute approximate surface area is 118 Å². The van der Waals surface area contributed by atoms with Gasteiger partial charge in [0.1, 0.15) is 0 Å². The Morgan fingerprint density at radius 1 is 1.44 bits per heavy atom. The highest BCUT2D eigenvalue weighted by Crippen LogP contribution is 2.28. The molecule has 0 amide bonds. The van der Waals surface area contributed by atoms with Gasteiger partial charge in [0.15, 0.2) is 0 Å². The van der Waals surface area contributed by atoms with Crippen LogP contribution < -0.4 is 5.32 Å². The van der Waals surface area contributed by atoms with Crippen LogP contribution in [0.2, 0.25) is 0 Å². The molecule has 5 heteroatoms. The van der Waals surface area contributed by atoms with Crippen molar-refractivity contribution in [1.29, 1.82) is 0 Å². The van der Waals surface area contributed by atoms with Crippen LogP contribution in [0.25, 0.3) is 0 Å². The molecule has 2 N–H and O–H groups in total. The van der Waals surface area contributed by atoms with Gasteiger partial charge in [-0.1, -0.05) is 0 Å². The molecule has 1 atom stereocenters. The summed E-state index contributed by atoms with van der Waals surface area (Å²) in [6, 6.07) is 7.22. The molecule has 0 aliphatic heterocycles. The number of hydrogen-bond acceptors (Lipinski definition) is 3. The topological polar surface area (TPSA) is 49.3 Å². The summed E-state index contributed by atoms with van der Waals surface area (Å²) in [5, 5.41) is 16.4. The lowest BCUT2D eigenvalue weighted by molar-refractivity contribution is 0.0697. The number of carbonyl (C=O) groups is 1. The first kappa shape index (κ1) is 13.1. The highest BCUT2D eigenvalue weighted by molar-refractivity contribution is 9.10. The summed E-state index contributed by atoms with van der Waals surface area (Å²) < 4.78 is 0.754. The van der Waals surface area contributed by atoms with Crippen LogP contribution in [0.15, 0.2) is 39.5 Å². The lowest BCUT2D eigenvalue weighted by Gasteiger charge is -2.15. The Morgan fingerprint density at radius 2 is 2.22 bits per heavy atom. The second kappa shape index (κ2) is 5.54. The molecular formula is C13H12BrNO2S. The molecule has 0 spiro atoms. The Bertz CT molecular complexity index is 554. The smallest absolute Gasteiger partial charge is 0.335 e. The van der Waals surface area contributed by atoms with E-state index in [0.29, 0.717) is 0 Å². The van der Waals surface area contributed by atoms with E-state index in [4.69, 9.17) is 5.11 Å². The van der Waals surface area contributed by atoms with Crippen molar-refractivity contribution in [3.8, 4) is 0 Å². The maximum Gasteiger partial charge on any atom is 0.335 e. The maximum absolute atomic E-state index is 10.8. The number of aromatic carboxylic acids is 1. The van der Waals surface area contributed by atoms with E-state index < -0.39 is 5.97 Å². The average molecular weight is 326 g/mol. The molecule has 3 nitrogen and oxygen atoms in total. The first-order valence-electron chi connectivity index (χ1n) is 5.39. The van der Waals surface area contributed by atoms with Crippen molar-refractivity contribution in [3.05, 3.63) is 50.6 Å². The predicted octanol–water partition coefficient (Wildman–Crippen LogP) is 4.38. The van der Waals surface area contributed by atoms with Gasteiger partial charge in [-0.25, -0.2) is 4.79 Å². The van der Waals surface area contributed by atoms with Crippen molar-refractivity contribution in [1.82, 2.24) is 0 Å². The third-order valence-electron chi connectivity index (χ3n) is 2.63. The minimum Gasteiger partial charge on any atom is -0.478 e. The summed E-state index contributed by atoms with van der Waals surface area (Å²) in [6.45, 7) is 2.07. The molecule has 0 radical (unpaired) electrons. The van der Waals surface area contributed by atoms with Gasteiger partial charge in [0.2, 0.25) is 0 Å². The fourth-order valence-electron chi connectivity index (χ4n) is 1.60. The van der Waals surface area contributed by atoms with E-state index in [1.54, 1.807) is 29.5 Å². The molecule has 0 bridgehead atoms. The number of halogens is 1. The van der Waals surface area contributed by atoms with Gasteiger partial charge in [-0.15, -0.1) is 0 Å². The number of thiophene rings is 1. The molecule has 0 saturated heterocycles. The average Bonchev–Trinajstić information content (AvgIpc) is 2.85. The second-order valence-electron chi connectivity index (χ2n) is 3.92. The molecule has 2 rings (SSSR count). The third kappa shape index (κ3) is 2.91. The van der Waals surface area contributed by atoms with E-state index in [2.05, 4.69) is 39.6 Å². The fourth-order valence-corrected chi connectivity index (χ4v) is 2.85. The zero-order chi connectivity index (χ0) is 13.1. The fraction of sp³-hybridized carbons (Fsp3) is 0.154. The number of rotatable bonds is 4. The number of anilines is 1. The zero-order valence-electron chi connectivity index (χ0n) is 9.68. The molecule has 18 heavy (non-hydrogen) atoms. The number of carboxylic acid groups (broad SMARTS) is 1. The number of hydrogen-bond donors (Lipinski definition) is 2.